The fraction of sp³-hybridized carbons (Fsp3) is 0.111. The molecule has 0 aliphatic rings. The molecular formula is C18H19N. The maximum absolute atomic E-state index is 4.27. The van der Waals surface area contributed by atoms with Crippen LogP contribution in [0.15, 0.2) is 72.9 Å². The van der Waals surface area contributed by atoms with Gasteiger partial charge in [-0.05, 0) is 23.6 Å². The van der Waals surface area contributed by atoms with Crippen molar-refractivity contribution in [3.63, 3.8) is 0 Å². The summed E-state index contributed by atoms with van der Waals surface area (Å²) in [6, 6.07) is 20.6. The highest BCUT2D eigenvalue weighted by Gasteiger charge is 2.10. The lowest BCUT2D eigenvalue weighted by atomic mass is 9.92. The van der Waals surface area contributed by atoms with E-state index in [1.165, 1.54) is 5.56 Å². The third-order valence-corrected chi connectivity index (χ3v) is 3.24. The van der Waals surface area contributed by atoms with Gasteiger partial charge in [-0.3, -0.25) is 0 Å². The molecule has 0 radical (unpaired) electrons. The Kier molecular flexibility index (Phi) is 4.19. The monoisotopic (exact) mass is 249 g/mol. The van der Waals surface area contributed by atoms with E-state index in [9.17, 15) is 0 Å². The molecule has 2 aromatic rings. The maximum Gasteiger partial charge on any atom is 0.0158 e. The molecule has 1 nitrogen and oxygen atoms in total. The van der Waals surface area contributed by atoms with Gasteiger partial charge in [0.2, 0.25) is 0 Å². The summed E-state index contributed by atoms with van der Waals surface area (Å²) in [5.74, 6) is 0. The van der Waals surface area contributed by atoms with Crippen molar-refractivity contribution in [2.24, 2.45) is 0 Å². The SMILES string of the molecule is C=C(/C(=C(/C)NC)c1ccccc1)c1ccccc1. The van der Waals surface area contributed by atoms with Crippen LogP contribution in [0.4, 0.5) is 0 Å². The molecular weight excluding hydrogens is 230 g/mol. The summed E-state index contributed by atoms with van der Waals surface area (Å²) in [5.41, 5.74) is 5.66. The summed E-state index contributed by atoms with van der Waals surface area (Å²) in [6.45, 7) is 6.35. The van der Waals surface area contributed by atoms with Crippen LogP contribution in [-0.2, 0) is 0 Å². The number of allylic oxidation sites excluding steroid dienone is 3. The van der Waals surface area contributed by atoms with Crippen LogP contribution in [0.1, 0.15) is 18.1 Å². The first-order valence-electron chi connectivity index (χ1n) is 6.42. The predicted molar refractivity (Wildman–Crippen MR) is 83.6 cm³/mol. The second-order valence-electron chi connectivity index (χ2n) is 4.46. The third kappa shape index (κ3) is 2.94. The van der Waals surface area contributed by atoms with E-state index in [1.807, 2.05) is 31.3 Å². The van der Waals surface area contributed by atoms with E-state index in [0.717, 1.165) is 22.4 Å². The fourth-order valence-electron chi connectivity index (χ4n) is 2.13. The first-order chi connectivity index (χ1) is 9.24. The zero-order valence-corrected chi connectivity index (χ0v) is 11.5. The minimum atomic E-state index is 1.04. The summed E-state index contributed by atoms with van der Waals surface area (Å²) in [6.07, 6.45) is 0. The maximum atomic E-state index is 4.27. The highest BCUT2D eigenvalue weighted by Crippen LogP contribution is 2.31. The van der Waals surface area contributed by atoms with E-state index < -0.39 is 0 Å². The van der Waals surface area contributed by atoms with E-state index >= 15 is 0 Å². The molecule has 1 heteroatoms. The van der Waals surface area contributed by atoms with Gasteiger partial charge in [0, 0.05) is 18.3 Å². The lowest BCUT2D eigenvalue weighted by molar-refractivity contribution is 0.996. The van der Waals surface area contributed by atoms with Gasteiger partial charge in [0.05, 0.1) is 0 Å². The van der Waals surface area contributed by atoms with Crippen LogP contribution < -0.4 is 5.32 Å². The molecule has 2 aromatic carbocycles. The van der Waals surface area contributed by atoms with E-state index in [1.54, 1.807) is 0 Å². The number of nitrogens with one attached hydrogen (secondary N) is 1. The van der Waals surface area contributed by atoms with E-state index in [-0.39, 0.29) is 0 Å². The lowest BCUT2D eigenvalue weighted by Gasteiger charge is -2.15. The van der Waals surface area contributed by atoms with Gasteiger partial charge in [0.25, 0.3) is 0 Å². The lowest BCUT2D eigenvalue weighted by Crippen LogP contribution is -2.06. The van der Waals surface area contributed by atoms with Gasteiger partial charge in [-0.15, -0.1) is 0 Å². The van der Waals surface area contributed by atoms with Crippen molar-refractivity contribution in [2.75, 3.05) is 7.05 Å². The molecule has 0 aromatic heterocycles. The fourth-order valence-corrected chi connectivity index (χ4v) is 2.13. The second-order valence-corrected chi connectivity index (χ2v) is 4.46. The highest BCUT2D eigenvalue weighted by molar-refractivity contribution is 6.04. The number of rotatable bonds is 4. The van der Waals surface area contributed by atoms with Gasteiger partial charge in [0.15, 0.2) is 0 Å². The Morgan fingerprint density at radius 3 is 1.79 bits per heavy atom. The molecule has 0 bridgehead atoms. The second kappa shape index (κ2) is 6.05. The topological polar surface area (TPSA) is 12.0 Å². The van der Waals surface area contributed by atoms with Crippen LogP contribution in [-0.4, -0.2) is 7.05 Å². The summed E-state index contributed by atoms with van der Waals surface area (Å²) in [5, 5.41) is 3.23. The minimum Gasteiger partial charge on any atom is -0.391 e. The van der Waals surface area contributed by atoms with Crippen molar-refractivity contribution in [2.45, 2.75) is 6.92 Å². The Morgan fingerprint density at radius 2 is 1.32 bits per heavy atom. The number of benzene rings is 2. The summed E-state index contributed by atoms with van der Waals surface area (Å²) < 4.78 is 0. The average Bonchev–Trinajstić information content (AvgIpc) is 2.49. The zero-order chi connectivity index (χ0) is 13.7. The molecule has 0 amide bonds. The molecule has 0 saturated carbocycles. The van der Waals surface area contributed by atoms with Gasteiger partial charge < -0.3 is 5.32 Å². The van der Waals surface area contributed by atoms with E-state index in [2.05, 4.69) is 55.2 Å². The molecule has 96 valence electrons. The molecule has 0 aliphatic heterocycles. The van der Waals surface area contributed by atoms with Crippen LogP contribution in [0.25, 0.3) is 11.1 Å². The van der Waals surface area contributed by atoms with Crippen molar-refractivity contribution < 1.29 is 0 Å². The molecule has 19 heavy (non-hydrogen) atoms. The number of hydrogen-bond donors (Lipinski definition) is 1. The molecule has 2 rings (SSSR count). The molecule has 0 aliphatic carbocycles. The van der Waals surface area contributed by atoms with Crippen LogP contribution in [0.5, 0.6) is 0 Å². The highest BCUT2D eigenvalue weighted by atomic mass is 14.8. The Hall–Kier alpha value is -2.28. The molecule has 0 saturated heterocycles. The van der Waals surface area contributed by atoms with Gasteiger partial charge in [-0.1, -0.05) is 67.2 Å². The molecule has 1 N–H and O–H groups in total. The first kappa shape index (κ1) is 13.2. The summed E-state index contributed by atoms with van der Waals surface area (Å²) >= 11 is 0. The van der Waals surface area contributed by atoms with Crippen molar-refractivity contribution >= 4 is 11.1 Å². The largest absolute Gasteiger partial charge is 0.391 e. The Bertz CT molecular complexity index is 580. The molecule has 0 spiro atoms. The average molecular weight is 249 g/mol. The van der Waals surface area contributed by atoms with E-state index in [4.69, 9.17) is 0 Å². The van der Waals surface area contributed by atoms with Gasteiger partial charge >= 0.3 is 0 Å². The minimum absolute atomic E-state index is 1.04. The first-order valence-corrected chi connectivity index (χ1v) is 6.42. The Morgan fingerprint density at radius 1 is 0.842 bits per heavy atom. The van der Waals surface area contributed by atoms with Crippen LogP contribution in [0.2, 0.25) is 0 Å². The third-order valence-electron chi connectivity index (χ3n) is 3.24. The molecule has 0 fully saturated rings. The van der Waals surface area contributed by atoms with E-state index in [0.29, 0.717) is 0 Å². The van der Waals surface area contributed by atoms with Crippen LogP contribution in [0.3, 0.4) is 0 Å². The van der Waals surface area contributed by atoms with Crippen LogP contribution in [0, 0.1) is 0 Å². The molecule has 0 heterocycles. The van der Waals surface area contributed by atoms with Gasteiger partial charge in [-0.25, -0.2) is 0 Å². The van der Waals surface area contributed by atoms with Crippen molar-refractivity contribution in [3.05, 3.63) is 84.1 Å². The van der Waals surface area contributed by atoms with Gasteiger partial charge in [-0.2, -0.15) is 0 Å². The normalized spacial score (nSPS) is 11.7. The van der Waals surface area contributed by atoms with Crippen LogP contribution >= 0.6 is 0 Å². The van der Waals surface area contributed by atoms with Crippen molar-refractivity contribution in [3.8, 4) is 0 Å². The quantitative estimate of drug-likeness (QED) is 0.794. The summed E-state index contributed by atoms with van der Waals surface area (Å²) in [4.78, 5) is 0. The Balaban J connectivity index is 2.50. The van der Waals surface area contributed by atoms with Crippen molar-refractivity contribution in [1.82, 2.24) is 5.32 Å². The van der Waals surface area contributed by atoms with Gasteiger partial charge in [0.1, 0.15) is 0 Å². The number of hydrogen-bond acceptors (Lipinski definition) is 1. The molecule has 0 atom stereocenters. The molecule has 0 unspecified atom stereocenters. The zero-order valence-electron chi connectivity index (χ0n) is 11.5. The Labute approximate surface area is 115 Å². The standard InChI is InChI=1S/C18H19N/c1-14(16-10-6-4-7-11-16)18(15(2)19-3)17-12-8-5-9-13-17/h4-13,19H,1H2,2-3H3/b18-15+. The smallest absolute Gasteiger partial charge is 0.0158 e. The predicted octanol–water partition coefficient (Wildman–Crippen LogP) is 4.35. The van der Waals surface area contributed by atoms with Crippen molar-refractivity contribution in [1.29, 1.82) is 0 Å². The summed E-state index contributed by atoms with van der Waals surface area (Å²) in [7, 11) is 1.94.